The van der Waals surface area contributed by atoms with Crippen LogP contribution in [0, 0.1) is 0 Å². The van der Waals surface area contributed by atoms with Crippen LogP contribution in [0.1, 0.15) is 23.8 Å². The molecule has 9 nitrogen and oxygen atoms in total. The Hall–Kier alpha value is -3.65. The van der Waals surface area contributed by atoms with E-state index in [0.717, 1.165) is 5.56 Å². The standard InChI is InChI=1S/C27H28ClN2O7P/c1-2-35-25(32)19-37-38(34,23-15-13-22(28)14-16-23)26(21-11-7-4-8-12-21)30-24(31)17-29-27(33)36-18-20-9-5-3-6-10-20/h3-16,26H,2,17-19H2,1H3,(H,29,33)(H,30,31)/t26-,38+/m1/s1. The molecule has 2 atom stereocenters. The number of rotatable bonds is 12. The molecule has 200 valence electrons. The maximum Gasteiger partial charge on any atom is 0.407 e. The largest absolute Gasteiger partial charge is 0.464 e. The van der Waals surface area contributed by atoms with Crippen LogP contribution in [0.5, 0.6) is 0 Å². The summed E-state index contributed by atoms with van der Waals surface area (Å²) in [5.41, 5.74) is 1.26. The molecule has 0 aliphatic rings. The first kappa shape index (κ1) is 28.9. The van der Waals surface area contributed by atoms with Gasteiger partial charge in [0.1, 0.15) is 18.9 Å². The summed E-state index contributed by atoms with van der Waals surface area (Å²) < 4.78 is 30.2. The number of halogens is 1. The monoisotopic (exact) mass is 558 g/mol. The van der Waals surface area contributed by atoms with Gasteiger partial charge in [-0.25, -0.2) is 9.59 Å². The highest BCUT2D eigenvalue weighted by molar-refractivity contribution is 7.67. The van der Waals surface area contributed by atoms with Gasteiger partial charge in [0.2, 0.25) is 5.91 Å². The Labute approximate surface area is 225 Å². The smallest absolute Gasteiger partial charge is 0.407 e. The number of nitrogens with one attached hydrogen (secondary N) is 2. The third-order valence-corrected chi connectivity index (χ3v) is 8.11. The first-order valence-electron chi connectivity index (χ1n) is 11.8. The highest BCUT2D eigenvalue weighted by Gasteiger charge is 2.39. The van der Waals surface area contributed by atoms with Gasteiger partial charge in [-0.05, 0) is 42.3 Å². The van der Waals surface area contributed by atoms with Gasteiger partial charge in [-0.15, -0.1) is 0 Å². The molecule has 0 bridgehead atoms. The van der Waals surface area contributed by atoms with Gasteiger partial charge >= 0.3 is 12.1 Å². The minimum absolute atomic E-state index is 0.0361. The third kappa shape index (κ3) is 8.45. The fourth-order valence-corrected chi connectivity index (χ4v) is 5.89. The van der Waals surface area contributed by atoms with Crippen LogP contribution in [0.2, 0.25) is 5.02 Å². The van der Waals surface area contributed by atoms with Crippen LogP contribution in [0.25, 0.3) is 0 Å². The molecule has 2 amide bonds. The molecule has 0 unspecified atom stereocenters. The van der Waals surface area contributed by atoms with E-state index < -0.39 is 44.3 Å². The van der Waals surface area contributed by atoms with Crippen molar-refractivity contribution in [2.45, 2.75) is 19.3 Å². The first-order valence-corrected chi connectivity index (χ1v) is 13.8. The van der Waals surface area contributed by atoms with Crippen molar-refractivity contribution in [2.24, 2.45) is 0 Å². The van der Waals surface area contributed by atoms with Gasteiger partial charge in [0, 0.05) is 10.3 Å². The van der Waals surface area contributed by atoms with Crippen molar-refractivity contribution in [3.05, 3.63) is 101 Å². The zero-order chi connectivity index (χ0) is 27.4. The van der Waals surface area contributed by atoms with Crippen LogP contribution in [-0.4, -0.2) is 37.7 Å². The van der Waals surface area contributed by atoms with E-state index in [2.05, 4.69) is 10.6 Å². The highest BCUT2D eigenvalue weighted by Crippen LogP contribution is 2.57. The molecule has 0 heterocycles. The van der Waals surface area contributed by atoms with Gasteiger partial charge in [0.15, 0.2) is 6.61 Å². The number of benzene rings is 3. The van der Waals surface area contributed by atoms with E-state index in [-0.39, 0.29) is 18.5 Å². The van der Waals surface area contributed by atoms with E-state index in [1.807, 2.05) is 18.2 Å². The van der Waals surface area contributed by atoms with Crippen molar-refractivity contribution < 1.29 is 32.9 Å². The second-order valence-electron chi connectivity index (χ2n) is 7.95. The second kappa shape index (κ2) is 14.3. The van der Waals surface area contributed by atoms with Crippen molar-refractivity contribution in [3.63, 3.8) is 0 Å². The molecule has 2 N–H and O–H groups in total. The average Bonchev–Trinajstić information content (AvgIpc) is 2.94. The summed E-state index contributed by atoms with van der Waals surface area (Å²) in [7, 11) is -3.99. The lowest BCUT2D eigenvalue weighted by molar-refractivity contribution is -0.145. The van der Waals surface area contributed by atoms with E-state index in [4.69, 9.17) is 25.6 Å². The van der Waals surface area contributed by atoms with Crippen molar-refractivity contribution >= 4 is 42.2 Å². The number of ether oxygens (including phenoxy) is 2. The van der Waals surface area contributed by atoms with Gasteiger partial charge < -0.3 is 24.6 Å². The lowest BCUT2D eigenvalue weighted by atomic mass is 10.2. The predicted molar refractivity (Wildman–Crippen MR) is 143 cm³/mol. The molecule has 0 radical (unpaired) electrons. The summed E-state index contributed by atoms with van der Waals surface area (Å²) in [6, 6.07) is 23.7. The molecule has 0 aliphatic heterocycles. The van der Waals surface area contributed by atoms with Crippen LogP contribution < -0.4 is 15.9 Å². The van der Waals surface area contributed by atoms with Crippen LogP contribution in [0.4, 0.5) is 4.79 Å². The van der Waals surface area contributed by atoms with Crippen LogP contribution in [0.3, 0.4) is 0 Å². The number of amides is 2. The Bertz CT molecular complexity index is 1260. The van der Waals surface area contributed by atoms with Gasteiger partial charge in [-0.1, -0.05) is 72.3 Å². The molecule has 3 aromatic carbocycles. The van der Waals surface area contributed by atoms with Gasteiger partial charge in [0.25, 0.3) is 7.37 Å². The van der Waals surface area contributed by atoms with Crippen molar-refractivity contribution in [2.75, 3.05) is 19.8 Å². The highest BCUT2D eigenvalue weighted by atomic mass is 35.5. The molecule has 0 aromatic heterocycles. The first-order chi connectivity index (χ1) is 18.3. The quantitative estimate of drug-likeness (QED) is 0.247. The number of hydrogen-bond acceptors (Lipinski definition) is 7. The van der Waals surface area contributed by atoms with Crippen LogP contribution in [0.15, 0.2) is 84.9 Å². The number of carbonyl (C=O) groups excluding carboxylic acids is 3. The predicted octanol–water partition coefficient (Wildman–Crippen LogP) is 4.56. The molecule has 0 fully saturated rings. The molecule has 38 heavy (non-hydrogen) atoms. The lowest BCUT2D eigenvalue weighted by Crippen LogP contribution is -2.40. The molecule has 3 rings (SSSR count). The summed E-state index contributed by atoms with van der Waals surface area (Å²) in [5, 5.41) is 5.71. The summed E-state index contributed by atoms with van der Waals surface area (Å²) in [6.45, 7) is 0.751. The van der Waals surface area contributed by atoms with Crippen molar-refractivity contribution in [3.8, 4) is 0 Å². The molecular weight excluding hydrogens is 531 g/mol. The minimum Gasteiger partial charge on any atom is -0.464 e. The molecule has 0 aliphatic carbocycles. The molecule has 11 heteroatoms. The molecule has 0 saturated heterocycles. The van der Waals surface area contributed by atoms with Gasteiger partial charge in [-0.2, -0.15) is 0 Å². The summed E-state index contributed by atoms with van der Waals surface area (Å²) in [6.07, 6.45) is -0.792. The van der Waals surface area contributed by atoms with Crippen LogP contribution in [-0.2, 0) is 34.8 Å². The fourth-order valence-electron chi connectivity index (χ4n) is 3.43. The van der Waals surface area contributed by atoms with Crippen LogP contribution >= 0.6 is 19.0 Å². The van der Waals surface area contributed by atoms with E-state index in [0.29, 0.717) is 10.6 Å². The summed E-state index contributed by atoms with van der Waals surface area (Å²) in [5.74, 6) is -2.54. The van der Waals surface area contributed by atoms with E-state index in [1.165, 1.54) is 24.3 Å². The van der Waals surface area contributed by atoms with Gasteiger partial charge in [0.05, 0.1) is 6.61 Å². The minimum atomic E-state index is -3.99. The summed E-state index contributed by atoms with van der Waals surface area (Å²) >= 11 is 6.02. The topological polar surface area (TPSA) is 120 Å². The lowest BCUT2D eigenvalue weighted by Gasteiger charge is -2.29. The Balaban J connectivity index is 1.79. The molecule has 0 saturated carbocycles. The number of alkyl carbamates (subject to hydrolysis) is 1. The van der Waals surface area contributed by atoms with E-state index >= 15 is 0 Å². The average molecular weight is 559 g/mol. The molecule has 0 spiro atoms. The Kier molecular flexibility index (Phi) is 10.9. The number of hydrogen-bond donors (Lipinski definition) is 2. The molecular formula is C27H28ClN2O7P. The van der Waals surface area contributed by atoms with E-state index in [1.54, 1.807) is 49.4 Å². The van der Waals surface area contributed by atoms with Crippen molar-refractivity contribution in [1.29, 1.82) is 0 Å². The van der Waals surface area contributed by atoms with Crippen molar-refractivity contribution in [1.82, 2.24) is 10.6 Å². The third-order valence-electron chi connectivity index (χ3n) is 5.23. The number of esters is 1. The van der Waals surface area contributed by atoms with Gasteiger partial charge in [-0.3, -0.25) is 9.36 Å². The maximum atomic E-state index is 14.5. The second-order valence-corrected chi connectivity index (χ2v) is 10.9. The Morgan fingerprint density at radius 1 is 0.895 bits per heavy atom. The number of carbonyl (C=O) groups is 3. The Morgan fingerprint density at radius 3 is 2.16 bits per heavy atom. The maximum absolute atomic E-state index is 14.5. The zero-order valence-corrected chi connectivity index (χ0v) is 22.3. The molecule has 3 aromatic rings. The zero-order valence-electron chi connectivity index (χ0n) is 20.7. The van der Waals surface area contributed by atoms with E-state index in [9.17, 15) is 18.9 Å². The SMILES string of the molecule is CCOC(=O)CO[P@@](=O)(c1ccc(Cl)cc1)[C@@H](NC(=O)CNC(=O)OCc1ccccc1)c1ccccc1. The fraction of sp³-hybridized carbons (Fsp3) is 0.222. The normalized spacial score (nSPS) is 13.0. The summed E-state index contributed by atoms with van der Waals surface area (Å²) in [4.78, 5) is 37.1. The Morgan fingerprint density at radius 2 is 1.53 bits per heavy atom.